The lowest BCUT2D eigenvalue weighted by atomic mass is 9.94. The maximum atomic E-state index is 13.5. The van der Waals surface area contributed by atoms with Gasteiger partial charge in [-0.2, -0.15) is 0 Å². The molecule has 11 nitrogen and oxygen atoms in total. The molecule has 2 heterocycles. The summed E-state index contributed by atoms with van der Waals surface area (Å²) in [6, 6.07) is 7.56. The molecular weight excluding hydrogens is 476 g/mol. The van der Waals surface area contributed by atoms with Crippen LogP contribution < -0.4 is 26.4 Å². The molecule has 0 saturated carbocycles. The van der Waals surface area contributed by atoms with Crippen molar-refractivity contribution >= 4 is 23.6 Å². The third-order valence-corrected chi connectivity index (χ3v) is 6.53. The highest BCUT2D eigenvalue weighted by Gasteiger charge is 2.39. The molecule has 37 heavy (non-hydrogen) atoms. The number of likely N-dealkylation sites (tertiary alicyclic amines) is 1. The van der Waals surface area contributed by atoms with Crippen molar-refractivity contribution < 1.29 is 23.9 Å². The van der Waals surface area contributed by atoms with E-state index < -0.39 is 29.9 Å². The largest absolute Gasteiger partial charge is 0.497 e. The van der Waals surface area contributed by atoms with Gasteiger partial charge in [0.05, 0.1) is 13.2 Å². The monoisotopic (exact) mass is 510 g/mol. The van der Waals surface area contributed by atoms with Crippen molar-refractivity contribution in [1.29, 1.82) is 0 Å². The number of likely N-dealkylation sites (N-methyl/N-ethyl adjacent to an activating group) is 1. The molecular formula is C26H34N6O5. The molecule has 0 unspecified atom stereocenters. The van der Waals surface area contributed by atoms with Gasteiger partial charge in [-0.3, -0.25) is 24.2 Å². The number of primary amides is 1. The predicted molar refractivity (Wildman–Crippen MR) is 137 cm³/mol. The van der Waals surface area contributed by atoms with Crippen LogP contribution in [0.25, 0.3) is 0 Å². The van der Waals surface area contributed by atoms with Crippen LogP contribution >= 0.6 is 0 Å². The number of nitrogens with one attached hydrogen (secondary N) is 3. The van der Waals surface area contributed by atoms with Crippen LogP contribution in [-0.4, -0.2) is 78.4 Å². The fourth-order valence-corrected chi connectivity index (χ4v) is 4.24. The summed E-state index contributed by atoms with van der Waals surface area (Å²) in [6.07, 6.45) is 3.91. The Labute approximate surface area is 216 Å². The van der Waals surface area contributed by atoms with Gasteiger partial charge < -0.3 is 31.3 Å². The van der Waals surface area contributed by atoms with Gasteiger partial charge >= 0.3 is 0 Å². The molecule has 5 N–H and O–H groups in total. The zero-order valence-corrected chi connectivity index (χ0v) is 21.3. The number of amides is 4. The zero-order valence-electron chi connectivity index (χ0n) is 21.3. The third kappa shape index (κ3) is 7.26. The summed E-state index contributed by atoms with van der Waals surface area (Å²) >= 11 is 0. The number of benzene rings is 1. The summed E-state index contributed by atoms with van der Waals surface area (Å²) in [5, 5.41) is 8.58. The van der Waals surface area contributed by atoms with E-state index in [4.69, 9.17) is 10.5 Å². The van der Waals surface area contributed by atoms with Crippen molar-refractivity contribution in [2.75, 3.05) is 20.7 Å². The van der Waals surface area contributed by atoms with Gasteiger partial charge in [-0.05, 0) is 56.6 Å². The second-order valence-electron chi connectivity index (χ2n) is 9.00. The van der Waals surface area contributed by atoms with E-state index in [9.17, 15) is 19.2 Å². The van der Waals surface area contributed by atoms with E-state index in [-0.39, 0.29) is 37.2 Å². The molecule has 198 valence electrons. The number of nitrogens with zero attached hydrogens (tertiary/aromatic N) is 2. The summed E-state index contributed by atoms with van der Waals surface area (Å²) in [6.45, 7) is 1.98. The van der Waals surface area contributed by atoms with Gasteiger partial charge in [-0.1, -0.05) is 12.1 Å². The first-order valence-electron chi connectivity index (χ1n) is 12.1. The average molecular weight is 511 g/mol. The van der Waals surface area contributed by atoms with Crippen molar-refractivity contribution in [3.8, 4) is 5.75 Å². The van der Waals surface area contributed by atoms with E-state index in [1.165, 1.54) is 17.3 Å². The van der Waals surface area contributed by atoms with E-state index in [1.54, 1.807) is 57.5 Å². The lowest BCUT2D eigenvalue weighted by Crippen LogP contribution is -2.61. The first kappa shape index (κ1) is 27.6. The van der Waals surface area contributed by atoms with Crippen LogP contribution in [0.1, 0.15) is 35.7 Å². The number of aromatic nitrogens is 1. The van der Waals surface area contributed by atoms with Crippen molar-refractivity contribution in [3.05, 3.63) is 59.9 Å². The maximum absolute atomic E-state index is 13.5. The Bertz CT molecular complexity index is 1090. The van der Waals surface area contributed by atoms with Gasteiger partial charge in [0.1, 0.15) is 17.8 Å². The molecule has 11 heteroatoms. The molecule has 1 fully saturated rings. The lowest BCUT2D eigenvalue weighted by Gasteiger charge is -2.40. The van der Waals surface area contributed by atoms with E-state index >= 15 is 0 Å². The van der Waals surface area contributed by atoms with Gasteiger partial charge in [0.25, 0.3) is 5.91 Å². The number of rotatable bonds is 10. The van der Waals surface area contributed by atoms with Crippen LogP contribution in [-0.2, 0) is 20.8 Å². The van der Waals surface area contributed by atoms with Crippen LogP contribution in [0.2, 0.25) is 0 Å². The van der Waals surface area contributed by atoms with E-state index in [1.807, 2.05) is 0 Å². The maximum Gasteiger partial charge on any atom is 0.251 e. The molecule has 0 aliphatic carbocycles. The van der Waals surface area contributed by atoms with Crippen LogP contribution in [0.4, 0.5) is 0 Å². The van der Waals surface area contributed by atoms with Crippen molar-refractivity contribution in [1.82, 2.24) is 25.8 Å². The summed E-state index contributed by atoms with van der Waals surface area (Å²) in [4.78, 5) is 56.8. The molecule has 1 aromatic heterocycles. The van der Waals surface area contributed by atoms with Gasteiger partial charge in [-0.15, -0.1) is 0 Å². The Kier molecular flexibility index (Phi) is 9.56. The highest BCUT2D eigenvalue weighted by atomic mass is 16.5. The molecule has 1 saturated heterocycles. The topological polar surface area (TPSA) is 156 Å². The molecule has 1 aliphatic rings. The average Bonchev–Trinajstić information content (AvgIpc) is 2.92. The summed E-state index contributed by atoms with van der Waals surface area (Å²) in [5.74, 6) is -1.06. The molecule has 4 atom stereocenters. The fourth-order valence-electron chi connectivity index (χ4n) is 4.24. The first-order valence-corrected chi connectivity index (χ1v) is 12.1. The lowest BCUT2D eigenvalue weighted by molar-refractivity contribution is -0.144. The molecule has 2 aromatic rings. The second kappa shape index (κ2) is 12.8. The molecule has 0 radical (unpaired) electrons. The number of hydrogen-bond acceptors (Lipinski definition) is 7. The molecule has 1 aromatic carbocycles. The number of piperidine rings is 1. The molecule has 0 bridgehead atoms. The predicted octanol–water partition coefficient (Wildman–Crippen LogP) is 0.000300. The van der Waals surface area contributed by atoms with Crippen LogP contribution in [0.3, 0.4) is 0 Å². The van der Waals surface area contributed by atoms with Crippen molar-refractivity contribution in [2.24, 2.45) is 5.73 Å². The molecule has 4 amide bonds. The Morgan fingerprint density at radius 2 is 1.81 bits per heavy atom. The number of ether oxygens (including phenoxy) is 1. The van der Waals surface area contributed by atoms with E-state index in [2.05, 4.69) is 20.9 Å². The number of carbonyl (C=O) groups is 4. The third-order valence-electron chi connectivity index (χ3n) is 6.53. The van der Waals surface area contributed by atoms with E-state index in [0.29, 0.717) is 17.7 Å². The fraction of sp³-hybridized carbons (Fsp3) is 0.423. The summed E-state index contributed by atoms with van der Waals surface area (Å²) < 4.78 is 5.16. The van der Waals surface area contributed by atoms with Crippen molar-refractivity contribution in [2.45, 2.75) is 50.4 Å². The minimum atomic E-state index is -0.980. The Hall–Kier alpha value is -3.99. The van der Waals surface area contributed by atoms with Crippen LogP contribution in [0.15, 0.2) is 48.8 Å². The number of nitrogens with two attached hydrogens (primary N) is 1. The minimum absolute atomic E-state index is 0.181. The second-order valence-corrected chi connectivity index (χ2v) is 9.00. The number of carbonyl (C=O) groups excluding carboxylic acids is 4. The van der Waals surface area contributed by atoms with Gasteiger partial charge in [0.2, 0.25) is 17.7 Å². The quantitative estimate of drug-likeness (QED) is 0.351. The standard InChI is InChI=1S/C26H34N6O5/c1-16(28-2)26(36)32-13-10-19(30-24(34)18-8-11-29-12-9-18)15-22(32)25(35)31-21(23(27)33)14-17-4-6-20(37-3)7-5-17/h4-9,11-12,16,19,21-22,28H,10,13-15H2,1-3H3,(H2,27,33)(H,30,34)(H,31,35)/t16-,19-,21-,22-/m0/s1. The van der Waals surface area contributed by atoms with Crippen LogP contribution in [0, 0.1) is 0 Å². The Morgan fingerprint density at radius 1 is 1.14 bits per heavy atom. The molecule has 3 rings (SSSR count). The van der Waals surface area contributed by atoms with Gasteiger partial charge in [0.15, 0.2) is 0 Å². The SMILES string of the molecule is CN[C@@H](C)C(=O)N1CC[C@H](NC(=O)c2ccncc2)C[C@H]1C(=O)N[C@@H](Cc1ccc(OC)cc1)C(N)=O. The number of hydrogen-bond donors (Lipinski definition) is 4. The highest BCUT2D eigenvalue weighted by molar-refractivity contribution is 5.95. The molecule has 0 spiro atoms. The Morgan fingerprint density at radius 3 is 2.41 bits per heavy atom. The summed E-state index contributed by atoms with van der Waals surface area (Å²) in [5.41, 5.74) is 6.84. The molecule has 1 aliphatic heterocycles. The smallest absolute Gasteiger partial charge is 0.251 e. The minimum Gasteiger partial charge on any atom is -0.497 e. The van der Waals surface area contributed by atoms with Crippen molar-refractivity contribution in [3.63, 3.8) is 0 Å². The highest BCUT2D eigenvalue weighted by Crippen LogP contribution is 2.21. The van der Waals surface area contributed by atoms with E-state index in [0.717, 1.165) is 5.56 Å². The van der Waals surface area contributed by atoms with Gasteiger partial charge in [0, 0.05) is 37.0 Å². The summed E-state index contributed by atoms with van der Waals surface area (Å²) in [7, 11) is 3.22. The Balaban J connectivity index is 1.76. The first-order chi connectivity index (χ1) is 17.7. The number of methoxy groups -OCH3 is 1. The zero-order chi connectivity index (χ0) is 26.9. The normalized spacial score (nSPS) is 18.8. The van der Waals surface area contributed by atoms with Gasteiger partial charge in [-0.25, -0.2) is 0 Å². The van der Waals surface area contributed by atoms with Crippen LogP contribution in [0.5, 0.6) is 5.75 Å². The number of pyridine rings is 1.